The van der Waals surface area contributed by atoms with E-state index < -0.39 is 0 Å². The lowest BCUT2D eigenvalue weighted by molar-refractivity contribution is 0.708. The number of aryl methyl sites for hydroxylation is 2. The Morgan fingerprint density at radius 2 is 2.21 bits per heavy atom. The topological polar surface area (TPSA) is 45.8 Å². The number of aromatic amines is 1. The van der Waals surface area contributed by atoms with E-state index in [-0.39, 0.29) is 11.5 Å². The number of hydrogen-bond donors (Lipinski definition) is 1. The van der Waals surface area contributed by atoms with Gasteiger partial charge in [-0.25, -0.2) is 4.98 Å². The van der Waals surface area contributed by atoms with Crippen molar-refractivity contribution in [3.05, 3.63) is 63.3 Å². The highest BCUT2D eigenvalue weighted by molar-refractivity contribution is 5.38. The van der Waals surface area contributed by atoms with E-state index in [0.717, 1.165) is 37.2 Å². The molecule has 2 aromatic rings. The SMILES string of the molecule is CCCc1cc(=O)[nH]c(C2CCc3ccccc32)n1. The molecule has 0 saturated carbocycles. The minimum absolute atomic E-state index is 0.0298. The van der Waals surface area contributed by atoms with Crippen molar-refractivity contribution in [1.29, 1.82) is 0 Å². The van der Waals surface area contributed by atoms with E-state index in [9.17, 15) is 4.79 Å². The van der Waals surface area contributed by atoms with Crippen molar-refractivity contribution in [2.24, 2.45) is 0 Å². The normalized spacial score (nSPS) is 17.4. The fraction of sp³-hybridized carbons (Fsp3) is 0.375. The molecule has 0 aliphatic heterocycles. The Balaban J connectivity index is 2.02. The molecule has 0 bridgehead atoms. The van der Waals surface area contributed by atoms with Crippen LogP contribution in [0.25, 0.3) is 0 Å². The van der Waals surface area contributed by atoms with Crippen molar-refractivity contribution in [3.8, 4) is 0 Å². The Morgan fingerprint density at radius 3 is 3.05 bits per heavy atom. The van der Waals surface area contributed by atoms with Crippen LogP contribution in [0.5, 0.6) is 0 Å². The molecule has 1 N–H and O–H groups in total. The second kappa shape index (κ2) is 5.00. The average molecular weight is 254 g/mol. The van der Waals surface area contributed by atoms with Crippen molar-refractivity contribution < 1.29 is 0 Å². The number of aromatic nitrogens is 2. The maximum absolute atomic E-state index is 11.8. The summed E-state index contributed by atoms with van der Waals surface area (Å²) in [6.07, 6.45) is 3.99. The number of fused-ring (bicyclic) bond motifs is 1. The minimum Gasteiger partial charge on any atom is -0.310 e. The first-order valence-electron chi connectivity index (χ1n) is 6.96. The summed E-state index contributed by atoms with van der Waals surface area (Å²) < 4.78 is 0. The lowest BCUT2D eigenvalue weighted by Gasteiger charge is -2.11. The van der Waals surface area contributed by atoms with Gasteiger partial charge >= 0.3 is 0 Å². The van der Waals surface area contributed by atoms with Crippen LogP contribution >= 0.6 is 0 Å². The molecule has 19 heavy (non-hydrogen) atoms. The summed E-state index contributed by atoms with van der Waals surface area (Å²) in [5.74, 6) is 1.08. The van der Waals surface area contributed by atoms with Crippen LogP contribution in [0, 0.1) is 0 Å². The van der Waals surface area contributed by atoms with Crippen LogP contribution in [-0.2, 0) is 12.8 Å². The van der Waals surface area contributed by atoms with Gasteiger partial charge in [-0.3, -0.25) is 4.79 Å². The highest BCUT2D eigenvalue weighted by atomic mass is 16.1. The van der Waals surface area contributed by atoms with Crippen molar-refractivity contribution in [2.75, 3.05) is 0 Å². The van der Waals surface area contributed by atoms with E-state index in [2.05, 4.69) is 41.2 Å². The molecule has 0 fully saturated rings. The minimum atomic E-state index is -0.0298. The monoisotopic (exact) mass is 254 g/mol. The van der Waals surface area contributed by atoms with Gasteiger partial charge in [0.1, 0.15) is 5.82 Å². The second-order valence-electron chi connectivity index (χ2n) is 5.16. The van der Waals surface area contributed by atoms with Crippen LogP contribution < -0.4 is 5.56 Å². The number of nitrogens with one attached hydrogen (secondary N) is 1. The van der Waals surface area contributed by atoms with Crippen LogP contribution in [0.2, 0.25) is 0 Å². The van der Waals surface area contributed by atoms with Crippen LogP contribution in [0.15, 0.2) is 35.1 Å². The molecular weight excluding hydrogens is 236 g/mol. The van der Waals surface area contributed by atoms with E-state index in [1.807, 2.05) is 0 Å². The summed E-state index contributed by atoms with van der Waals surface area (Å²) in [5, 5.41) is 0. The first-order valence-corrected chi connectivity index (χ1v) is 6.96. The fourth-order valence-corrected chi connectivity index (χ4v) is 2.92. The van der Waals surface area contributed by atoms with E-state index in [0.29, 0.717) is 0 Å². The summed E-state index contributed by atoms with van der Waals surface area (Å²) in [6, 6.07) is 10.1. The molecule has 1 aliphatic carbocycles. The Bertz CT molecular complexity index is 645. The van der Waals surface area contributed by atoms with Crippen LogP contribution in [-0.4, -0.2) is 9.97 Å². The fourth-order valence-electron chi connectivity index (χ4n) is 2.92. The number of H-pyrrole nitrogens is 1. The Labute approximate surface area is 112 Å². The number of nitrogens with zero attached hydrogens (tertiary/aromatic N) is 1. The summed E-state index contributed by atoms with van der Waals surface area (Å²) in [5.41, 5.74) is 3.58. The van der Waals surface area contributed by atoms with Crippen molar-refractivity contribution in [3.63, 3.8) is 0 Å². The van der Waals surface area contributed by atoms with E-state index >= 15 is 0 Å². The molecule has 3 nitrogen and oxygen atoms in total. The molecule has 1 aromatic heterocycles. The zero-order valence-corrected chi connectivity index (χ0v) is 11.1. The predicted octanol–water partition coefficient (Wildman–Crippen LogP) is 2.80. The molecule has 1 aromatic carbocycles. The van der Waals surface area contributed by atoms with Gasteiger partial charge in [0.05, 0.1) is 0 Å². The lowest BCUT2D eigenvalue weighted by atomic mass is 10.0. The van der Waals surface area contributed by atoms with Crippen molar-refractivity contribution in [2.45, 2.75) is 38.5 Å². The van der Waals surface area contributed by atoms with Crippen LogP contribution in [0.4, 0.5) is 0 Å². The van der Waals surface area contributed by atoms with Crippen LogP contribution in [0.3, 0.4) is 0 Å². The largest absolute Gasteiger partial charge is 0.310 e. The number of benzene rings is 1. The third kappa shape index (κ3) is 2.33. The molecule has 3 heteroatoms. The molecule has 0 spiro atoms. The molecule has 1 heterocycles. The summed E-state index contributed by atoms with van der Waals surface area (Å²) in [6.45, 7) is 2.10. The molecule has 98 valence electrons. The number of rotatable bonds is 3. The average Bonchev–Trinajstić information content (AvgIpc) is 2.82. The van der Waals surface area contributed by atoms with Gasteiger partial charge < -0.3 is 4.98 Å². The van der Waals surface area contributed by atoms with Crippen molar-refractivity contribution in [1.82, 2.24) is 9.97 Å². The van der Waals surface area contributed by atoms with Gasteiger partial charge in [-0.05, 0) is 30.4 Å². The first kappa shape index (κ1) is 12.2. The zero-order valence-electron chi connectivity index (χ0n) is 11.1. The van der Waals surface area contributed by atoms with Gasteiger partial charge in [-0.15, -0.1) is 0 Å². The quantitative estimate of drug-likeness (QED) is 0.915. The molecular formula is C16H18N2O. The second-order valence-corrected chi connectivity index (χ2v) is 5.16. The number of hydrogen-bond acceptors (Lipinski definition) is 2. The Morgan fingerprint density at radius 1 is 1.37 bits per heavy atom. The molecule has 0 radical (unpaired) electrons. The highest BCUT2D eigenvalue weighted by Crippen LogP contribution is 2.35. The predicted molar refractivity (Wildman–Crippen MR) is 75.5 cm³/mol. The molecule has 1 aliphatic rings. The third-order valence-corrected chi connectivity index (χ3v) is 3.78. The van der Waals surface area contributed by atoms with Gasteiger partial charge in [-0.2, -0.15) is 0 Å². The molecule has 0 saturated heterocycles. The maximum Gasteiger partial charge on any atom is 0.251 e. The summed E-state index contributed by atoms with van der Waals surface area (Å²) in [7, 11) is 0. The van der Waals surface area contributed by atoms with Gasteiger partial charge in [0.15, 0.2) is 0 Å². The lowest BCUT2D eigenvalue weighted by Crippen LogP contribution is -2.15. The molecule has 0 amide bonds. The first-order chi connectivity index (χ1) is 9.28. The highest BCUT2D eigenvalue weighted by Gasteiger charge is 2.25. The molecule has 3 rings (SSSR count). The smallest absolute Gasteiger partial charge is 0.251 e. The van der Waals surface area contributed by atoms with Gasteiger partial charge in [0, 0.05) is 17.7 Å². The third-order valence-electron chi connectivity index (χ3n) is 3.78. The van der Waals surface area contributed by atoms with E-state index in [4.69, 9.17) is 0 Å². The molecule has 1 unspecified atom stereocenters. The van der Waals surface area contributed by atoms with Crippen molar-refractivity contribution >= 4 is 0 Å². The van der Waals surface area contributed by atoms with E-state index in [1.165, 1.54) is 11.1 Å². The zero-order chi connectivity index (χ0) is 13.2. The molecule has 1 atom stereocenters. The maximum atomic E-state index is 11.8. The van der Waals surface area contributed by atoms with Gasteiger partial charge in [0.25, 0.3) is 5.56 Å². The Kier molecular flexibility index (Phi) is 3.20. The van der Waals surface area contributed by atoms with Gasteiger partial charge in [-0.1, -0.05) is 37.6 Å². The van der Waals surface area contributed by atoms with E-state index in [1.54, 1.807) is 6.07 Å². The van der Waals surface area contributed by atoms with Gasteiger partial charge in [0.2, 0.25) is 0 Å². The standard InChI is InChI=1S/C16H18N2O/c1-2-5-12-10-15(19)18-16(17-12)14-9-8-11-6-3-4-7-13(11)14/h3-4,6-7,10,14H,2,5,8-9H2,1H3,(H,17,18,19). The summed E-state index contributed by atoms with van der Waals surface area (Å²) >= 11 is 0. The Hall–Kier alpha value is -1.90. The summed E-state index contributed by atoms with van der Waals surface area (Å²) in [4.78, 5) is 19.3. The van der Waals surface area contributed by atoms with Crippen LogP contribution in [0.1, 0.15) is 48.3 Å².